The molecule has 0 heterocycles. The van der Waals surface area contributed by atoms with Crippen LogP contribution < -0.4 is 20.5 Å². The summed E-state index contributed by atoms with van der Waals surface area (Å²) in [4.78, 5) is 12.6. The molecule has 5 nitrogen and oxygen atoms in total. The molecule has 2 rings (SSSR count). The lowest BCUT2D eigenvalue weighted by Crippen LogP contribution is -2.44. The maximum absolute atomic E-state index is 12.6. The molecule has 3 N–H and O–H groups in total. The second-order valence-electron chi connectivity index (χ2n) is 5.88. The molecule has 1 aromatic carbocycles. The molecular weight excluding hydrogens is 316 g/mol. The Morgan fingerprint density at radius 2 is 1.83 bits per heavy atom. The zero-order valence-electron chi connectivity index (χ0n) is 14.1. The van der Waals surface area contributed by atoms with Crippen LogP contribution in [0.4, 0.5) is 0 Å². The fraction of sp³-hybridized carbons (Fsp3) is 0.588. The third-order valence-corrected chi connectivity index (χ3v) is 4.50. The molecule has 23 heavy (non-hydrogen) atoms. The monoisotopic (exact) mass is 342 g/mol. The van der Waals surface area contributed by atoms with Crippen molar-refractivity contribution < 1.29 is 14.3 Å². The van der Waals surface area contributed by atoms with Crippen LogP contribution in [-0.2, 0) is 0 Å². The number of hydrogen-bond acceptors (Lipinski definition) is 4. The summed E-state index contributed by atoms with van der Waals surface area (Å²) in [7, 11) is 3.16. The number of hydrogen-bond donors (Lipinski definition) is 2. The lowest BCUT2D eigenvalue weighted by atomic mass is 9.84. The van der Waals surface area contributed by atoms with Crippen molar-refractivity contribution in [2.75, 3.05) is 20.8 Å². The Balaban J connectivity index is 0.00000264. The van der Waals surface area contributed by atoms with Gasteiger partial charge < -0.3 is 20.5 Å². The number of ether oxygens (including phenoxy) is 2. The van der Waals surface area contributed by atoms with Crippen molar-refractivity contribution in [3.63, 3.8) is 0 Å². The largest absolute Gasteiger partial charge is 0.493 e. The number of halogens is 1. The van der Waals surface area contributed by atoms with Gasteiger partial charge in [-0.3, -0.25) is 4.79 Å². The molecule has 1 aliphatic rings. The summed E-state index contributed by atoms with van der Waals surface area (Å²) < 4.78 is 10.6. The second kappa shape index (κ2) is 8.99. The summed E-state index contributed by atoms with van der Waals surface area (Å²) in [6.45, 7) is 2.52. The van der Waals surface area contributed by atoms with Crippen molar-refractivity contribution in [1.29, 1.82) is 0 Å². The van der Waals surface area contributed by atoms with Gasteiger partial charge in [0.1, 0.15) is 0 Å². The first-order valence-electron chi connectivity index (χ1n) is 7.84. The summed E-state index contributed by atoms with van der Waals surface area (Å²) in [5.41, 5.74) is 7.33. The molecule has 2 atom stereocenters. The summed E-state index contributed by atoms with van der Waals surface area (Å²) in [6.07, 6.45) is 4.43. The lowest BCUT2D eigenvalue weighted by molar-refractivity contribution is 0.0907. The molecule has 0 spiro atoms. The van der Waals surface area contributed by atoms with Gasteiger partial charge in [-0.15, -0.1) is 12.4 Å². The minimum atomic E-state index is -0.0659. The summed E-state index contributed by atoms with van der Waals surface area (Å²) in [6, 6.07) is 3.73. The molecule has 1 aromatic rings. The quantitative estimate of drug-likeness (QED) is 0.862. The van der Waals surface area contributed by atoms with Gasteiger partial charge >= 0.3 is 0 Å². The van der Waals surface area contributed by atoms with E-state index in [1.54, 1.807) is 20.3 Å². The van der Waals surface area contributed by atoms with Crippen LogP contribution in [0.2, 0.25) is 0 Å². The number of nitrogens with two attached hydrogens (primary N) is 1. The molecule has 1 fully saturated rings. The molecule has 2 unspecified atom stereocenters. The van der Waals surface area contributed by atoms with Crippen LogP contribution in [0.5, 0.6) is 11.5 Å². The number of carbonyl (C=O) groups excluding carboxylic acids is 1. The first-order chi connectivity index (χ1) is 10.6. The highest BCUT2D eigenvalue weighted by Gasteiger charge is 2.26. The molecule has 0 saturated heterocycles. The van der Waals surface area contributed by atoms with E-state index >= 15 is 0 Å². The van der Waals surface area contributed by atoms with Crippen molar-refractivity contribution in [3.8, 4) is 11.5 Å². The van der Waals surface area contributed by atoms with Gasteiger partial charge in [0, 0.05) is 11.6 Å². The number of rotatable bonds is 5. The molecule has 0 aromatic heterocycles. The Morgan fingerprint density at radius 1 is 1.22 bits per heavy atom. The van der Waals surface area contributed by atoms with E-state index in [4.69, 9.17) is 15.2 Å². The molecule has 1 saturated carbocycles. The number of methoxy groups -OCH3 is 2. The van der Waals surface area contributed by atoms with E-state index in [1.807, 2.05) is 13.0 Å². The number of carbonyl (C=O) groups is 1. The topological polar surface area (TPSA) is 73.6 Å². The van der Waals surface area contributed by atoms with Gasteiger partial charge in [-0.25, -0.2) is 0 Å². The zero-order chi connectivity index (χ0) is 16.1. The molecule has 130 valence electrons. The van der Waals surface area contributed by atoms with Crippen LogP contribution in [-0.4, -0.2) is 32.7 Å². The molecule has 0 aliphatic heterocycles. The third-order valence-electron chi connectivity index (χ3n) is 4.50. The fourth-order valence-electron chi connectivity index (χ4n) is 3.15. The van der Waals surface area contributed by atoms with E-state index < -0.39 is 0 Å². The molecule has 1 aliphatic carbocycles. The van der Waals surface area contributed by atoms with E-state index in [9.17, 15) is 4.79 Å². The van der Waals surface area contributed by atoms with Gasteiger partial charge in [-0.1, -0.05) is 12.8 Å². The number of amides is 1. The van der Waals surface area contributed by atoms with E-state index in [0.29, 0.717) is 29.5 Å². The average Bonchev–Trinajstić information content (AvgIpc) is 2.54. The number of nitrogens with one attached hydrogen (secondary N) is 1. The first-order valence-corrected chi connectivity index (χ1v) is 7.84. The van der Waals surface area contributed by atoms with Crippen LogP contribution in [0, 0.1) is 12.8 Å². The molecule has 0 radical (unpaired) electrons. The van der Waals surface area contributed by atoms with Gasteiger partial charge in [-0.2, -0.15) is 0 Å². The maximum atomic E-state index is 12.6. The zero-order valence-corrected chi connectivity index (χ0v) is 14.9. The highest BCUT2D eigenvalue weighted by atomic mass is 35.5. The lowest BCUT2D eigenvalue weighted by Gasteiger charge is -2.31. The SMILES string of the molecule is COc1cc(C)c(C(=O)NC2CCCCC2CN)cc1OC.Cl. The van der Waals surface area contributed by atoms with E-state index in [-0.39, 0.29) is 24.4 Å². The number of aryl methyl sites for hydroxylation is 1. The van der Waals surface area contributed by atoms with Crippen molar-refractivity contribution in [1.82, 2.24) is 5.32 Å². The Morgan fingerprint density at radius 3 is 2.43 bits per heavy atom. The van der Waals surface area contributed by atoms with E-state index in [2.05, 4.69) is 5.32 Å². The van der Waals surface area contributed by atoms with E-state index in [1.165, 1.54) is 6.42 Å². The summed E-state index contributed by atoms with van der Waals surface area (Å²) in [5, 5.41) is 3.15. The Kier molecular flexibility index (Phi) is 7.65. The van der Waals surface area contributed by atoms with E-state index in [0.717, 1.165) is 24.8 Å². The van der Waals surface area contributed by atoms with Gasteiger partial charge in [0.2, 0.25) is 0 Å². The van der Waals surface area contributed by atoms with Crippen LogP contribution in [0.25, 0.3) is 0 Å². The summed E-state index contributed by atoms with van der Waals surface area (Å²) >= 11 is 0. The predicted octanol–water partition coefficient (Wildman–Crippen LogP) is 2.68. The fourth-order valence-corrected chi connectivity index (χ4v) is 3.15. The molecular formula is C17H27ClN2O3. The van der Waals surface area contributed by atoms with Gasteiger partial charge in [-0.05, 0) is 49.9 Å². The average molecular weight is 343 g/mol. The minimum absolute atomic E-state index is 0. The Hall–Kier alpha value is -1.46. The maximum Gasteiger partial charge on any atom is 0.251 e. The van der Waals surface area contributed by atoms with Crippen molar-refractivity contribution >= 4 is 18.3 Å². The van der Waals surface area contributed by atoms with Crippen LogP contribution in [0.1, 0.15) is 41.6 Å². The molecule has 1 amide bonds. The standard InChI is InChI=1S/C17H26N2O3.ClH/c1-11-8-15(21-2)16(22-3)9-13(11)17(20)19-14-7-5-4-6-12(14)10-18;/h8-9,12,14H,4-7,10,18H2,1-3H3,(H,19,20);1H. The highest BCUT2D eigenvalue weighted by Crippen LogP contribution is 2.31. The predicted molar refractivity (Wildman–Crippen MR) is 93.8 cm³/mol. The Bertz CT molecular complexity index is 537. The molecule has 0 bridgehead atoms. The van der Waals surface area contributed by atoms with Crippen molar-refractivity contribution in [2.45, 2.75) is 38.6 Å². The first kappa shape index (κ1) is 19.6. The van der Waals surface area contributed by atoms with Crippen LogP contribution in [0.15, 0.2) is 12.1 Å². The van der Waals surface area contributed by atoms with Crippen LogP contribution >= 0.6 is 12.4 Å². The third kappa shape index (κ3) is 4.52. The van der Waals surface area contributed by atoms with Gasteiger partial charge in [0.05, 0.1) is 14.2 Å². The van der Waals surface area contributed by atoms with Crippen molar-refractivity contribution in [3.05, 3.63) is 23.3 Å². The highest BCUT2D eigenvalue weighted by molar-refractivity contribution is 5.96. The van der Waals surface area contributed by atoms with Gasteiger partial charge in [0.25, 0.3) is 5.91 Å². The molecule has 6 heteroatoms. The van der Waals surface area contributed by atoms with Crippen molar-refractivity contribution in [2.24, 2.45) is 11.7 Å². The normalized spacial score (nSPS) is 20.3. The smallest absolute Gasteiger partial charge is 0.251 e. The van der Waals surface area contributed by atoms with Crippen LogP contribution in [0.3, 0.4) is 0 Å². The number of benzene rings is 1. The minimum Gasteiger partial charge on any atom is -0.493 e. The second-order valence-corrected chi connectivity index (χ2v) is 5.88. The Labute approximate surface area is 144 Å². The summed E-state index contributed by atoms with van der Waals surface area (Å²) in [5.74, 6) is 1.51. The van der Waals surface area contributed by atoms with Gasteiger partial charge in [0.15, 0.2) is 11.5 Å².